The van der Waals surface area contributed by atoms with Gasteiger partial charge in [-0.05, 0) is 42.5 Å². The number of carbonyl (C=O) groups excluding carboxylic acids is 2. The van der Waals surface area contributed by atoms with Gasteiger partial charge in [0.15, 0.2) is 0 Å². The lowest BCUT2D eigenvalue weighted by atomic mass is 10.0. The fourth-order valence-corrected chi connectivity index (χ4v) is 3.15. The minimum Gasteiger partial charge on any atom is -0.353 e. The molecule has 1 unspecified atom stereocenters. The van der Waals surface area contributed by atoms with Gasteiger partial charge in [-0.1, -0.05) is 18.9 Å². The third kappa shape index (κ3) is 7.22. The summed E-state index contributed by atoms with van der Waals surface area (Å²) in [4.78, 5) is 24.6. The number of benzene rings is 1. The Morgan fingerprint density at radius 1 is 1.22 bits per heavy atom. The molecule has 1 atom stereocenters. The highest BCUT2D eigenvalue weighted by Gasteiger charge is 2.21. The molecule has 0 aromatic heterocycles. The summed E-state index contributed by atoms with van der Waals surface area (Å²) in [5.74, 6) is 0.473. The van der Waals surface area contributed by atoms with Gasteiger partial charge in [0.25, 0.3) is 0 Å². The molecule has 2 N–H and O–H groups in total. The second-order valence-corrected chi connectivity index (χ2v) is 6.69. The van der Waals surface area contributed by atoms with E-state index in [-0.39, 0.29) is 18.5 Å². The van der Waals surface area contributed by atoms with Crippen molar-refractivity contribution in [1.82, 2.24) is 10.6 Å². The zero-order valence-electron chi connectivity index (χ0n) is 15.1. The summed E-state index contributed by atoms with van der Waals surface area (Å²) in [6, 6.07) is 2.09. The van der Waals surface area contributed by atoms with Gasteiger partial charge in [-0.15, -0.1) is 12.3 Å². The fourth-order valence-electron chi connectivity index (χ4n) is 3.15. The summed E-state index contributed by atoms with van der Waals surface area (Å²) in [7, 11) is 0. The fraction of sp³-hybridized carbons (Fsp3) is 0.429. The average Bonchev–Trinajstić information content (AvgIpc) is 3.12. The second kappa shape index (κ2) is 10.5. The monoisotopic (exact) mass is 374 g/mol. The van der Waals surface area contributed by atoms with Crippen LogP contribution in [0, 0.1) is 29.9 Å². The highest BCUT2D eigenvalue weighted by atomic mass is 19.1. The first-order chi connectivity index (χ1) is 13.0. The van der Waals surface area contributed by atoms with Crippen LogP contribution in [-0.4, -0.2) is 24.4 Å². The smallest absolute Gasteiger partial charge is 0.244 e. The normalized spacial score (nSPS) is 15.4. The number of terminal acetylenes is 1. The van der Waals surface area contributed by atoms with Crippen LogP contribution >= 0.6 is 0 Å². The molecular weight excluding hydrogens is 350 g/mol. The Hall–Kier alpha value is -2.68. The van der Waals surface area contributed by atoms with Crippen molar-refractivity contribution in [1.29, 1.82) is 0 Å². The van der Waals surface area contributed by atoms with E-state index in [9.17, 15) is 18.4 Å². The molecule has 1 aliphatic carbocycles. The van der Waals surface area contributed by atoms with Crippen LogP contribution in [0.15, 0.2) is 30.4 Å². The van der Waals surface area contributed by atoms with Gasteiger partial charge in [0, 0.05) is 25.5 Å². The minimum atomic E-state index is -0.954. The van der Waals surface area contributed by atoms with Crippen LogP contribution < -0.4 is 10.6 Å². The molecule has 6 heteroatoms. The summed E-state index contributed by atoms with van der Waals surface area (Å²) >= 11 is 0. The van der Waals surface area contributed by atoms with Gasteiger partial charge in [-0.3, -0.25) is 9.59 Å². The minimum absolute atomic E-state index is 0.0282. The molecule has 1 saturated carbocycles. The summed E-state index contributed by atoms with van der Waals surface area (Å²) in [6.45, 7) is 0.261. The van der Waals surface area contributed by atoms with Crippen LogP contribution in [-0.2, 0) is 16.0 Å². The van der Waals surface area contributed by atoms with Gasteiger partial charge in [-0.25, -0.2) is 8.78 Å². The van der Waals surface area contributed by atoms with Crippen LogP contribution in [0.1, 0.15) is 37.7 Å². The van der Waals surface area contributed by atoms with Crippen LogP contribution in [0.3, 0.4) is 0 Å². The Labute approximate surface area is 158 Å². The molecule has 0 bridgehead atoms. The zero-order chi connectivity index (χ0) is 19.6. The van der Waals surface area contributed by atoms with E-state index in [1.165, 1.54) is 6.08 Å². The van der Waals surface area contributed by atoms with E-state index in [0.29, 0.717) is 12.3 Å². The molecule has 0 radical (unpaired) electrons. The van der Waals surface area contributed by atoms with Crippen molar-refractivity contribution in [3.05, 3.63) is 47.5 Å². The van der Waals surface area contributed by atoms with Crippen molar-refractivity contribution in [2.75, 3.05) is 6.54 Å². The topological polar surface area (TPSA) is 58.2 Å². The number of amides is 2. The maximum atomic E-state index is 13.4. The molecule has 144 valence electrons. The number of rotatable bonds is 8. The predicted molar refractivity (Wildman–Crippen MR) is 99.6 cm³/mol. The molecular formula is C21H24F2N2O2. The van der Waals surface area contributed by atoms with Crippen LogP contribution in [0.25, 0.3) is 0 Å². The zero-order valence-corrected chi connectivity index (χ0v) is 15.1. The first-order valence-corrected chi connectivity index (χ1v) is 9.13. The highest BCUT2D eigenvalue weighted by molar-refractivity contribution is 5.93. The Kier molecular flexibility index (Phi) is 8.00. The predicted octanol–water partition coefficient (Wildman–Crippen LogP) is 2.88. The number of allylic oxidation sites excluding steroid dienone is 1. The van der Waals surface area contributed by atoms with E-state index >= 15 is 0 Å². The van der Waals surface area contributed by atoms with Crippen LogP contribution in [0.4, 0.5) is 8.78 Å². The van der Waals surface area contributed by atoms with E-state index in [1.807, 2.05) is 6.08 Å². The van der Waals surface area contributed by atoms with Crippen molar-refractivity contribution in [2.24, 2.45) is 5.92 Å². The first-order valence-electron chi connectivity index (χ1n) is 9.13. The Morgan fingerprint density at radius 2 is 1.89 bits per heavy atom. The molecule has 27 heavy (non-hydrogen) atoms. The van der Waals surface area contributed by atoms with E-state index < -0.39 is 29.5 Å². The summed E-state index contributed by atoms with van der Waals surface area (Å²) in [6.07, 6.45) is 13.2. The molecule has 2 rings (SSSR count). The second-order valence-electron chi connectivity index (χ2n) is 6.69. The van der Waals surface area contributed by atoms with Crippen molar-refractivity contribution in [3.63, 3.8) is 0 Å². The molecule has 1 aromatic carbocycles. The van der Waals surface area contributed by atoms with E-state index in [2.05, 4.69) is 16.6 Å². The number of halogens is 2. The maximum Gasteiger partial charge on any atom is 0.244 e. The SMILES string of the molecule is C#CCCNC(=O)C(Cc1cc(F)cc(F)c1)NC(=O)/C=C/C1CCCC1. The number of carbonyl (C=O) groups is 2. The molecule has 1 aromatic rings. The standard InChI is InChI=1S/C21H24F2N2O2/c1-2-3-10-24-21(27)19(13-16-11-17(22)14-18(23)12-16)25-20(26)9-8-15-6-4-5-7-15/h1,8-9,11-12,14-15,19H,3-7,10,13H2,(H,24,27)(H,25,26)/b9-8+. The lowest BCUT2D eigenvalue weighted by Crippen LogP contribution is -2.47. The van der Waals surface area contributed by atoms with Crippen LogP contribution in [0.5, 0.6) is 0 Å². The number of hydrogen-bond acceptors (Lipinski definition) is 2. The summed E-state index contributed by atoms with van der Waals surface area (Å²) in [5.41, 5.74) is 0.282. The number of hydrogen-bond donors (Lipinski definition) is 2. The third-order valence-corrected chi connectivity index (χ3v) is 4.48. The molecule has 0 spiro atoms. The molecule has 0 aliphatic heterocycles. The van der Waals surface area contributed by atoms with Gasteiger partial charge < -0.3 is 10.6 Å². The molecule has 1 fully saturated rings. The molecule has 2 amide bonds. The number of nitrogens with one attached hydrogen (secondary N) is 2. The van der Waals surface area contributed by atoms with Crippen molar-refractivity contribution < 1.29 is 18.4 Å². The maximum absolute atomic E-state index is 13.4. The molecule has 1 aliphatic rings. The molecule has 4 nitrogen and oxygen atoms in total. The third-order valence-electron chi connectivity index (χ3n) is 4.48. The van der Waals surface area contributed by atoms with Gasteiger partial charge in [-0.2, -0.15) is 0 Å². The largest absolute Gasteiger partial charge is 0.353 e. The van der Waals surface area contributed by atoms with Gasteiger partial charge in [0.1, 0.15) is 17.7 Å². The average molecular weight is 374 g/mol. The first kappa shape index (κ1) is 20.6. The lowest BCUT2D eigenvalue weighted by molar-refractivity contribution is -0.127. The molecule has 0 heterocycles. The van der Waals surface area contributed by atoms with Crippen LogP contribution in [0.2, 0.25) is 0 Å². The van der Waals surface area contributed by atoms with E-state index in [1.54, 1.807) is 0 Å². The lowest BCUT2D eigenvalue weighted by Gasteiger charge is -2.18. The van der Waals surface area contributed by atoms with E-state index in [4.69, 9.17) is 6.42 Å². The Balaban J connectivity index is 2.04. The quantitative estimate of drug-likeness (QED) is 0.418. The van der Waals surface area contributed by atoms with Crippen molar-refractivity contribution in [2.45, 2.75) is 44.6 Å². The molecule has 0 saturated heterocycles. The summed E-state index contributed by atoms with van der Waals surface area (Å²) < 4.78 is 26.8. The van der Waals surface area contributed by atoms with E-state index in [0.717, 1.165) is 43.9 Å². The van der Waals surface area contributed by atoms with Crippen molar-refractivity contribution in [3.8, 4) is 12.3 Å². The highest BCUT2D eigenvalue weighted by Crippen LogP contribution is 2.25. The van der Waals surface area contributed by atoms with Crippen molar-refractivity contribution >= 4 is 11.8 Å². The van der Waals surface area contributed by atoms with Gasteiger partial charge in [0.2, 0.25) is 11.8 Å². The van der Waals surface area contributed by atoms with Gasteiger partial charge >= 0.3 is 0 Å². The summed E-state index contributed by atoms with van der Waals surface area (Å²) in [5, 5.41) is 5.25. The Bertz CT molecular complexity index is 714. The Morgan fingerprint density at radius 3 is 2.52 bits per heavy atom. The van der Waals surface area contributed by atoms with Gasteiger partial charge in [0.05, 0.1) is 0 Å².